The van der Waals surface area contributed by atoms with Gasteiger partial charge in [-0.2, -0.15) is 5.10 Å². The van der Waals surface area contributed by atoms with Crippen LogP contribution < -0.4 is 11.1 Å². The summed E-state index contributed by atoms with van der Waals surface area (Å²) >= 11 is 0. The van der Waals surface area contributed by atoms with Crippen molar-refractivity contribution in [2.75, 3.05) is 0 Å². The van der Waals surface area contributed by atoms with Crippen molar-refractivity contribution < 1.29 is 4.42 Å². The molecular weight excluding hydrogens is 224 g/mol. The fraction of sp³-hybridized carbons (Fsp3) is 0.100. The van der Waals surface area contributed by atoms with Crippen molar-refractivity contribution in [1.82, 2.24) is 20.4 Å². The molecule has 3 heterocycles. The second-order valence-corrected chi connectivity index (χ2v) is 3.58. The molecule has 0 fully saturated rings. The van der Waals surface area contributed by atoms with Gasteiger partial charge in [-0.3, -0.25) is 19.8 Å². The normalized spacial score (nSPS) is 11.1. The molecule has 0 aliphatic heterocycles. The van der Waals surface area contributed by atoms with Crippen molar-refractivity contribution in [3.8, 4) is 0 Å². The molecule has 0 amide bonds. The molecule has 3 aromatic rings. The highest BCUT2D eigenvalue weighted by Gasteiger charge is 2.12. The van der Waals surface area contributed by atoms with Crippen LogP contribution in [0.25, 0.3) is 10.9 Å². The van der Waals surface area contributed by atoms with Crippen LogP contribution in [0.2, 0.25) is 0 Å². The summed E-state index contributed by atoms with van der Waals surface area (Å²) in [6.45, 7) is 0. The standard InChI is InChI=1S/C10H8N4O3/c15-9-7-8(12-14-10(7)16)6(11-13-9)4-5-2-1-3-17-5/h1-3H,4H2,(H,13,15)(H2,12,14,16). The van der Waals surface area contributed by atoms with Gasteiger partial charge in [0.1, 0.15) is 11.1 Å². The molecule has 0 aromatic carbocycles. The van der Waals surface area contributed by atoms with Gasteiger partial charge in [-0.15, -0.1) is 0 Å². The minimum absolute atomic E-state index is 0.0570. The van der Waals surface area contributed by atoms with Crippen molar-refractivity contribution in [3.05, 3.63) is 50.6 Å². The van der Waals surface area contributed by atoms with Crippen LogP contribution in [-0.2, 0) is 6.42 Å². The summed E-state index contributed by atoms with van der Waals surface area (Å²) in [5.41, 5.74) is -0.00177. The van der Waals surface area contributed by atoms with Crippen LogP contribution in [0.15, 0.2) is 32.4 Å². The maximum atomic E-state index is 11.4. The van der Waals surface area contributed by atoms with Crippen LogP contribution in [0.5, 0.6) is 0 Å². The highest BCUT2D eigenvalue weighted by Crippen LogP contribution is 2.11. The lowest BCUT2D eigenvalue weighted by molar-refractivity contribution is 0.518. The number of nitrogens with zero attached hydrogens (tertiary/aromatic N) is 1. The Bertz CT molecular complexity index is 763. The number of fused-ring (bicyclic) bond motifs is 1. The summed E-state index contributed by atoms with van der Waals surface area (Å²) in [5.74, 6) is 0.702. The van der Waals surface area contributed by atoms with Gasteiger partial charge in [0.15, 0.2) is 0 Å². The van der Waals surface area contributed by atoms with E-state index in [-0.39, 0.29) is 5.39 Å². The van der Waals surface area contributed by atoms with Gasteiger partial charge in [-0.05, 0) is 12.1 Å². The molecule has 0 spiro atoms. The molecule has 3 aromatic heterocycles. The number of furan rings is 1. The predicted octanol–water partition coefficient (Wildman–Crippen LogP) is 0.123. The topological polar surface area (TPSA) is 108 Å². The van der Waals surface area contributed by atoms with Crippen LogP contribution in [0.1, 0.15) is 11.5 Å². The molecule has 7 heteroatoms. The van der Waals surface area contributed by atoms with Crippen molar-refractivity contribution >= 4 is 10.9 Å². The third-order valence-electron chi connectivity index (χ3n) is 2.51. The van der Waals surface area contributed by atoms with Crippen LogP contribution >= 0.6 is 0 Å². The highest BCUT2D eigenvalue weighted by molar-refractivity contribution is 5.78. The predicted molar refractivity (Wildman–Crippen MR) is 58.8 cm³/mol. The first-order chi connectivity index (χ1) is 8.25. The molecule has 86 valence electrons. The first-order valence-corrected chi connectivity index (χ1v) is 4.96. The van der Waals surface area contributed by atoms with Crippen molar-refractivity contribution in [2.24, 2.45) is 0 Å². The van der Waals surface area contributed by atoms with Gasteiger partial charge in [0.25, 0.3) is 11.1 Å². The van der Waals surface area contributed by atoms with Crippen LogP contribution in [-0.4, -0.2) is 20.4 Å². The summed E-state index contributed by atoms with van der Waals surface area (Å²) in [6.07, 6.45) is 1.95. The van der Waals surface area contributed by atoms with E-state index >= 15 is 0 Å². The van der Waals surface area contributed by atoms with Gasteiger partial charge >= 0.3 is 0 Å². The summed E-state index contributed by atoms with van der Waals surface area (Å²) in [7, 11) is 0. The molecule has 0 aliphatic carbocycles. The Kier molecular flexibility index (Phi) is 1.97. The summed E-state index contributed by atoms with van der Waals surface area (Å²) in [6, 6.07) is 3.56. The molecule has 0 aliphatic rings. The average Bonchev–Trinajstić information content (AvgIpc) is 2.93. The number of aromatic amines is 3. The van der Waals surface area contributed by atoms with Crippen LogP contribution in [0, 0.1) is 0 Å². The Morgan fingerprint density at radius 2 is 2.12 bits per heavy atom. The first-order valence-electron chi connectivity index (χ1n) is 4.96. The van der Waals surface area contributed by atoms with E-state index in [1.165, 1.54) is 0 Å². The smallest absolute Gasteiger partial charge is 0.279 e. The van der Waals surface area contributed by atoms with E-state index in [1.54, 1.807) is 18.4 Å². The lowest BCUT2D eigenvalue weighted by Gasteiger charge is -1.97. The fourth-order valence-corrected chi connectivity index (χ4v) is 1.73. The van der Waals surface area contributed by atoms with Gasteiger partial charge in [0.05, 0.1) is 23.9 Å². The Balaban J connectivity index is 2.21. The molecule has 0 bridgehead atoms. The molecule has 0 saturated carbocycles. The van der Waals surface area contributed by atoms with Gasteiger partial charge < -0.3 is 4.42 Å². The maximum Gasteiger partial charge on any atom is 0.279 e. The zero-order valence-electron chi connectivity index (χ0n) is 8.61. The van der Waals surface area contributed by atoms with E-state index in [0.29, 0.717) is 23.4 Å². The van der Waals surface area contributed by atoms with E-state index in [0.717, 1.165) is 0 Å². The van der Waals surface area contributed by atoms with Gasteiger partial charge in [-0.25, -0.2) is 5.10 Å². The minimum Gasteiger partial charge on any atom is -0.469 e. The van der Waals surface area contributed by atoms with E-state index in [4.69, 9.17) is 4.42 Å². The van der Waals surface area contributed by atoms with Crippen molar-refractivity contribution in [2.45, 2.75) is 6.42 Å². The quantitative estimate of drug-likeness (QED) is 0.583. The minimum atomic E-state index is -0.509. The summed E-state index contributed by atoms with van der Waals surface area (Å²) in [5, 5.41) is 11.3. The van der Waals surface area contributed by atoms with E-state index in [9.17, 15) is 9.59 Å². The fourth-order valence-electron chi connectivity index (χ4n) is 1.73. The second-order valence-electron chi connectivity index (χ2n) is 3.58. The third kappa shape index (κ3) is 1.48. The number of rotatable bonds is 2. The first kappa shape index (κ1) is 9.64. The van der Waals surface area contributed by atoms with Crippen LogP contribution in [0.4, 0.5) is 0 Å². The zero-order chi connectivity index (χ0) is 11.8. The second kappa shape index (κ2) is 3.48. The third-order valence-corrected chi connectivity index (χ3v) is 2.51. The van der Waals surface area contributed by atoms with Crippen LogP contribution in [0.3, 0.4) is 0 Å². The largest absolute Gasteiger partial charge is 0.469 e. The molecule has 3 N–H and O–H groups in total. The zero-order valence-corrected chi connectivity index (χ0v) is 8.61. The maximum absolute atomic E-state index is 11.4. The lowest BCUT2D eigenvalue weighted by atomic mass is 10.2. The van der Waals surface area contributed by atoms with Crippen molar-refractivity contribution in [1.29, 1.82) is 0 Å². The summed E-state index contributed by atoms with van der Waals surface area (Å²) < 4.78 is 5.19. The van der Waals surface area contributed by atoms with E-state index in [2.05, 4.69) is 20.4 Å². The Hall–Kier alpha value is -2.57. The van der Waals surface area contributed by atoms with Gasteiger partial charge in [0.2, 0.25) is 0 Å². The van der Waals surface area contributed by atoms with E-state index in [1.807, 2.05) is 0 Å². The monoisotopic (exact) mass is 232 g/mol. The number of nitrogens with one attached hydrogen (secondary N) is 3. The molecule has 3 rings (SSSR count). The van der Waals surface area contributed by atoms with Gasteiger partial charge in [0, 0.05) is 0 Å². The van der Waals surface area contributed by atoms with E-state index < -0.39 is 11.1 Å². The molecule has 0 atom stereocenters. The van der Waals surface area contributed by atoms with Gasteiger partial charge in [-0.1, -0.05) is 0 Å². The molecule has 7 nitrogen and oxygen atoms in total. The number of aromatic nitrogens is 4. The SMILES string of the molecule is O=c1[nH]nc(Cc2ccco2)c2[nH][nH]c(=O)c12. The molecule has 17 heavy (non-hydrogen) atoms. The molecular formula is C10H8N4O3. The Labute approximate surface area is 93.5 Å². The lowest BCUT2D eigenvalue weighted by Crippen LogP contribution is -2.16. The average molecular weight is 232 g/mol. The molecule has 0 unspecified atom stereocenters. The number of hydrogen-bond donors (Lipinski definition) is 3. The summed E-state index contributed by atoms with van der Waals surface area (Å²) in [4.78, 5) is 22.8. The molecule has 0 radical (unpaired) electrons. The number of H-pyrrole nitrogens is 3. The van der Waals surface area contributed by atoms with Crippen molar-refractivity contribution in [3.63, 3.8) is 0 Å². The highest BCUT2D eigenvalue weighted by atomic mass is 16.3. The molecule has 0 saturated heterocycles. The number of hydrogen-bond acceptors (Lipinski definition) is 4. The Morgan fingerprint density at radius 3 is 2.88 bits per heavy atom. The Morgan fingerprint density at radius 1 is 1.24 bits per heavy atom.